The molecule has 6 rings (SSSR count). The summed E-state index contributed by atoms with van der Waals surface area (Å²) in [5.74, 6) is 1.91. The molecule has 2 aliphatic heterocycles. The van der Waals surface area contributed by atoms with Crippen LogP contribution in [0.25, 0.3) is 0 Å². The number of ketones is 1. The fraction of sp³-hybridized carbons (Fsp3) is 0.818. The standard InChI is InChI=1S/C33H50O6Si/c1-18(2)40(7,8)39-28-12-11-27(35)32(6)25-13-14-31(5)23(9-10-24(31)21(25)16-29-33(28,32)38-29)20(4)26-15-19(3)22(17-34)30(36)37-26/h11-12,18,20-21,23-26,28-29,34H,9-10,13-17H2,1-8H3/t20-,21-,23+,24-,25-,26+,28-,29+,31+,32-,33+/m0/s1. The van der Waals surface area contributed by atoms with Gasteiger partial charge in [0.15, 0.2) is 14.1 Å². The Morgan fingerprint density at radius 1 is 1.12 bits per heavy atom. The van der Waals surface area contributed by atoms with Gasteiger partial charge in [-0.2, -0.15) is 0 Å². The van der Waals surface area contributed by atoms with Crippen LogP contribution < -0.4 is 0 Å². The van der Waals surface area contributed by atoms with Crippen molar-refractivity contribution in [1.29, 1.82) is 0 Å². The largest absolute Gasteiger partial charge is 0.458 e. The third-order valence-corrected chi connectivity index (χ3v) is 17.0. The van der Waals surface area contributed by atoms with E-state index in [0.29, 0.717) is 41.2 Å². The quantitative estimate of drug-likeness (QED) is 0.240. The van der Waals surface area contributed by atoms with E-state index in [1.165, 1.54) is 0 Å². The van der Waals surface area contributed by atoms with Crippen LogP contribution in [0.1, 0.15) is 80.1 Å². The minimum absolute atomic E-state index is 0.0809. The van der Waals surface area contributed by atoms with E-state index < -0.39 is 19.3 Å². The summed E-state index contributed by atoms with van der Waals surface area (Å²) in [6.45, 7) is 17.7. The lowest BCUT2D eigenvalue weighted by molar-refractivity contribution is -0.155. The molecule has 0 aromatic rings. The first-order chi connectivity index (χ1) is 18.7. The van der Waals surface area contributed by atoms with E-state index in [1.807, 2.05) is 19.1 Å². The summed E-state index contributed by atoms with van der Waals surface area (Å²) in [6.07, 6.45) is 9.80. The molecule has 6 aliphatic rings. The van der Waals surface area contributed by atoms with Gasteiger partial charge in [-0.3, -0.25) is 4.79 Å². The molecule has 7 heteroatoms. The van der Waals surface area contributed by atoms with Gasteiger partial charge in [0.1, 0.15) is 11.7 Å². The number of hydrogen-bond acceptors (Lipinski definition) is 6. The fourth-order valence-electron chi connectivity index (χ4n) is 10.3. The minimum Gasteiger partial charge on any atom is -0.458 e. The Labute approximate surface area is 241 Å². The Balaban J connectivity index is 1.26. The Bertz CT molecular complexity index is 1160. The van der Waals surface area contributed by atoms with Gasteiger partial charge in [0.25, 0.3) is 0 Å². The molecule has 0 unspecified atom stereocenters. The van der Waals surface area contributed by atoms with Crippen LogP contribution in [0.15, 0.2) is 23.3 Å². The maximum absolute atomic E-state index is 13.9. The summed E-state index contributed by atoms with van der Waals surface area (Å²) in [5.41, 5.74) is 0.974. The van der Waals surface area contributed by atoms with Crippen molar-refractivity contribution in [2.45, 2.75) is 123 Å². The van der Waals surface area contributed by atoms with E-state index in [-0.39, 0.29) is 48.0 Å². The number of cyclic esters (lactones) is 1. The summed E-state index contributed by atoms with van der Waals surface area (Å²) in [6, 6.07) is 0. The van der Waals surface area contributed by atoms with Gasteiger partial charge in [0.05, 0.1) is 29.8 Å². The molecule has 2 heterocycles. The van der Waals surface area contributed by atoms with Crippen LogP contribution >= 0.6 is 0 Å². The first-order valence-corrected chi connectivity index (χ1v) is 18.8. The molecule has 0 aromatic heterocycles. The Morgan fingerprint density at radius 2 is 1.85 bits per heavy atom. The zero-order valence-corrected chi connectivity index (χ0v) is 26.8. The van der Waals surface area contributed by atoms with Crippen molar-refractivity contribution >= 4 is 20.1 Å². The van der Waals surface area contributed by atoms with E-state index in [1.54, 1.807) is 0 Å². The number of carbonyl (C=O) groups is 2. The molecule has 40 heavy (non-hydrogen) atoms. The molecule has 1 spiro atoms. The van der Waals surface area contributed by atoms with Gasteiger partial charge >= 0.3 is 5.97 Å². The van der Waals surface area contributed by atoms with Gasteiger partial charge in [-0.05, 0) is 106 Å². The molecular weight excluding hydrogens is 520 g/mol. The summed E-state index contributed by atoms with van der Waals surface area (Å²) in [5, 5.41) is 9.61. The maximum atomic E-state index is 13.9. The highest BCUT2D eigenvalue weighted by atomic mass is 28.4. The van der Waals surface area contributed by atoms with E-state index >= 15 is 0 Å². The number of allylic oxidation sites excluding steroid dienone is 1. The van der Waals surface area contributed by atoms with Gasteiger partial charge in [-0.1, -0.05) is 39.3 Å². The van der Waals surface area contributed by atoms with Crippen LogP contribution in [-0.2, 0) is 23.5 Å². The molecule has 0 aromatic carbocycles. The van der Waals surface area contributed by atoms with E-state index in [4.69, 9.17) is 13.9 Å². The number of aliphatic hydroxyl groups excluding tert-OH is 1. The highest BCUT2D eigenvalue weighted by Gasteiger charge is 2.80. The second-order valence-electron chi connectivity index (χ2n) is 15.4. The summed E-state index contributed by atoms with van der Waals surface area (Å²) in [7, 11) is -1.95. The van der Waals surface area contributed by atoms with E-state index in [0.717, 1.165) is 37.7 Å². The van der Waals surface area contributed by atoms with E-state index in [2.05, 4.69) is 47.7 Å². The molecular formula is C33H50O6Si. The minimum atomic E-state index is -1.95. The second kappa shape index (κ2) is 9.36. The average molecular weight is 571 g/mol. The summed E-state index contributed by atoms with van der Waals surface area (Å²) < 4.78 is 19.5. The maximum Gasteiger partial charge on any atom is 0.336 e. The van der Waals surface area contributed by atoms with E-state index in [9.17, 15) is 14.7 Å². The third-order valence-electron chi connectivity index (χ3n) is 13.4. The van der Waals surface area contributed by atoms with Crippen molar-refractivity contribution in [3.63, 3.8) is 0 Å². The van der Waals surface area contributed by atoms with Crippen LogP contribution in [0.5, 0.6) is 0 Å². The normalized spacial score (nSPS) is 46.9. The smallest absolute Gasteiger partial charge is 0.336 e. The lowest BCUT2D eigenvalue weighted by atomic mass is 9.44. The number of aliphatic hydroxyl groups is 1. The van der Waals surface area contributed by atoms with Crippen LogP contribution in [0.3, 0.4) is 0 Å². The van der Waals surface area contributed by atoms with Gasteiger partial charge in [0.2, 0.25) is 0 Å². The van der Waals surface area contributed by atoms with Crippen molar-refractivity contribution in [2.24, 2.45) is 40.4 Å². The number of epoxide rings is 1. The zero-order valence-electron chi connectivity index (χ0n) is 25.8. The topological polar surface area (TPSA) is 85.4 Å². The van der Waals surface area contributed by atoms with Crippen molar-refractivity contribution in [3.8, 4) is 0 Å². The molecule has 6 nitrogen and oxygen atoms in total. The van der Waals surface area contributed by atoms with Crippen molar-refractivity contribution in [1.82, 2.24) is 0 Å². The molecule has 4 aliphatic carbocycles. The Hall–Kier alpha value is -1.28. The molecule has 11 atom stereocenters. The molecule has 1 N–H and O–H groups in total. The molecule has 222 valence electrons. The Kier molecular flexibility index (Phi) is 6.74. The summed E-state index contributed by atoms with van der Waals surface area (Å²) >= 11 is 0. The Morgan fingerprint density at radius 3 is 2.50 bits per heavy atom. The van der Waals surface area contributed by atoms with Crippen LogP contribution in [0.2, 0.25) is 18.6 Å². The highest BCUT2D eigenvalue weighted by molar-refractivity contribution is 6.72. The first-order valence-electron chi connectivity index (χ1n) is 15.8. The van der Waals surface area contributed by atoms with Crippen molar-refractivity contribution in [2.75, 3.05) is 6.61 Å². The van der Waals surface area contributed by atoms with Gasteiger partial charge in [-0.25, -0.2) is 4.79 Å². The molecule has 0 radical (unpaired) electrons. The van der Waals surface area contributed by atoms with Crippen molar-refractivity contribution in [3.05, 3.63) is 23.3 Å². The van der Waals surface area contributed by atoms with Gasteiger partial charge in [0, 0.05) is 6.42 Å². The van der Waals surface area contributed by atoms with Crippen LogP contribution in [0, 0.1) is 40.4 Å². The van der Waals surface area contributed by atoms with Gasteiger partial charge in [-0.15, -0.1) is 0 Å². The predicted octanol–water partition coefficient (Wildman–Crippen LogP) is 5.99. The molecule has 0 amide bonds. The van der Waals surface area contributed by atoms with Gasteiger partial charge < -0.3 is 19.0 Å². The summed E-state index contributed by atoms with van der Waals surface area (Å²) in [4.78, 5) is 26.5. The third kappa shape index (κ3) is 3.75. The number of hydrogen-bond donors (Lipinski definition) is 1. The lowest BCUT2D eigenvalue weighted by Gasteiger charge is -2.59. The second-order valence-corrected chi connectivity index (χ2v) is 20.0. The number of fused-ring (bicyclic) bond motifs is 4. The number of carbonyl (C=O) groups excluding carboxylic acids is 2. The molecule has 3 saturated carbocycles. The lowest BCUT2D eigenvalue weighted by Crippen LogP contribution is -2.65. The van der Waals surface area contributed by atoms with Crippen LogP contribution in [0.4, 0.5) is 0 Å². The molecule has 4 fully saturated rings. The SMILES string of the molecule is CC1=C(CO)C(=O)O[C@@H]([C@@H](C)[C@H]2CC[C@H]3[C@@H]4C[C@H]5O[C@]56[C@@H](O[Si](C)(C)C(C)C)C=CC(=O)[C@]6(C)[C@H]4CC[C@]23C)C1. The monoisotopic (exact) mass is 570 g/mol. The number of ether oxygens (including phenoxy) is 2. The average Bonchev–Trinajstić information content (AvgIpc) is 3.51. The van der Waals surface area contributed by atoms with Crippen LogP contribution in [-0.4, -0.2) is 55.7 Å². The predicted molar refractivity (Wildman–Crippen MR) is 156 cm³/mol. The van der Waals surface area contributed by atoms with Crippen molar-refractivity contribution < 1.29 is 28.6 Å². The fourth-order valence-corrected chi connectivity index (χ4v) is 11.4. The molecule has 1 saturated heterocycles. The number of rotatable bonds is 6. The first kappa shape index (κ1) is 28.8. The zero-order chi connectivity index (χ0) is 29.0. The number of esters is 1. The highest BCUT2D eigenvalue weighted by Crippen LogP contribution is 2.73. The molecule has 0 bridgehead atoms.